The van der Waals surface area contributed by atoms with Crippen LogP contribution in [0.1, 0.15) is 23.6 Å². The Morgan fingerprint density at radius 1 is 0.971 bits per heavy atom. The molecular weight excluding hydrogens is 496 g/mol. The monoisotopic (exact) mass is 515 g/mol. The summed E-state index contributed by atoms with van der Waals surface area (Å²) < 4.78 is 82.0. The Bertz CT molecular complexity index is 1200. The number of hydrogen-bond acceptors (Lipinski definition) is 3. The lowest BCUT2D eigenvalue weighted by Gasteiger charge is -2.41. The molecule has 0 aromatic heterocycles. The highest BCUT2D eigenvalue weighted by Gasteiger charge is 2.42. The van der Waals surface area contributed by atoms with Crippen molar-refractivity contribution in [1.29, 1.82) is 0 Å². The summed E-state index contributed by atoms with van der Waals surface area (Å²) in [6, 6.07) is 16.7. The molecule has 0 radical (unpaired) electrons. The molecule has 2 unspecified atom stereocenters. The van der Waals surface area contributed by atoms with E-state index in [-0.39, 0.29) is 0 Å². The predicted octanol–water partition coefficient (Wildman–Crippen LogP) is 7.32. The fourth-order valence-electron chi connectivity index (χ4n) is 4.42. The summed E-state index contributed by atoms with van der Waals surface area (Å²) in [5.41, 5.74) is 2.84. The Hall–Kier alpha value is -2.91. The van der Waals surface area contributed by atoms with Gasteiger partial charge in [0.1, 0.15) is 5.75 Å². The van der Waals surface area contributed by atoms with Crippen LogP contribution in [-0.2, 0) is 6.42 Å². The first-order chi connectivity index (χ1) is 16.4. The Morgan fingerprint density at radius 3 is 2.37 bits per heavy atom. The highest BCUT2D eigenvalue weighted by Crippen LogP contribution is 2.44. The van der Waals surface area contributed by atoms with Crippen molar-refractivity contribution in [3.05, 3.63) is 82.9 Å². The van der Waals surface area contributed by atoms with E-state index in [1.807, 2.05) is 0 Å². The minimum absolute atomic E-state index is 0.399. The van der Waals surface area contributed by atoms with Gasteiger partial charge in [-0.05, 0) is 65.4 Å². The lowest BCUT2D eigenvalue weighted by atomic mass is 9.86. The number of β-amino-alcohol motifs (C(OH)–C–C–N with tert-alkyl or cyclic N) is 1. The number of halogens is 7. The molecule has 2 atom stereocenters. The second kappa shape index (κ2) is 9.62. The molecule has 1 aliphatic heterocycles. The van der Waals surface area contributed by atoms with E-state index in [9.17, 15) is 31.4 Å². The minimum Gasteiger partial charge on any atom is -0.406 e. The SMILES string of the molecule is OC(CN1c2cccc(-c3cccc(OC(F)(F)F)c3)c2CCC1c1cccc(Cl)c1)C(F)(F)F. The molecule has 35 heavy (non-hydrogen) atoms. The van der Waals surface area contributed by atoms with Gasteiger partial charge in [0, 0.05) is 10.7 Å². The van der Waals surface area contributed by atoms with Gasteiger partial charge in [-0.25, -0.2) is 0 Å². The minimum atomic E-state index is -4.86. The van der Waals surface area contributed by atoms with Crippen molar-refractivity contribution in [2.24, 2.45) is 0 Å². The van der Waals surface area contributed by atoms with E-state index >= 15 is 0 Å². The number of alkyl halides is 6. The van der Waals surface area contributed by atoms with Crippen LogP contribution in [0.5, 0.6) is 5.75 Å². The molecule has 0 bridgehead atoms. The summed E-state index contributed by atoms with van der Waals surface area (Å²) in [6.45, 7) is -0.714. The highest BCUT2D eigenvalue weighted by atomic mass is 35.5. The molecule has 1 heterocycles. The van der Waals surface area contributed by atoms with E-state index in [1.165, 1.54) is 23.1 Å². The van der Waals surface area contributed by atoms with Gasteiger partial charge in [0.15, 0.2) is 6.10 Å². The molecule has 0 saturated heterocycles. The second-order valence-electron chi connectivity index (χ2n) is 8.20. The van der Waals surface area contributed by atoms with Gasteiger partial charge < -0.3 is 14.7 Å². The van der Waals surface area contributed by atoms with Gasteiger partial charge in [0.05, 0.1) is 12.6 Å². The first-order valence-corrected chi connectivity index (χ1v) is 11.0. The molecule has 3 aromatic carbocycles. The van der Waals surface area contributed by atoms with E-state index < -0.39 is 37.0 Å². The van der Waals surface area contributed by atoms with Crippen molar-refractivity contribution in [1.82, 2.24) is 0 Å². The van der Waals surface area contributed by atoms with Crippen molar-refractivity contribution in [2.45, 2.75) is 37.5 Å². The number of rotatable bonds is 5. The first kappa shape index (κ1) is 25.2. The molecule has 1 aliphatic rings. The van der Waals surface area contributed by atoms with Crippen LogP contribution in [-0.4, -0.2) is 30.3 Å². The predicted molar refractivity (Wildman–Crippen MR) is 120 cm³/mol. The molecule has 3 nitrogen and oxygen atoms in total. The van der Waals surface area contributed by atoms with Gasteiger partial charge in [0.2, 0.25) is 0 Å². The molecular formula is C25H20ClF6NO2. The maximum absolute atomic E-state index is 13.3. The third kappa shape index (κ3) is 5.85. The Labute approximate surface area is 202 Å². The van der Waals surface area contributed by atoms with E-state index in [4.69, 9.17) is 11.6 Å². The van der Waals surface area contributed by atoms with Crippen LogP contribution in [0.25, 0.3) is 11.1 Å². The van der Waals surface area contributed by atoms with Crippen LogP contribution >= 0.6 is 11.6 Å². The molecule has 0 saturated carbocycles. The number of nitrogens with zero attached hydrogens (tertiary/aromatic N) is 1. The van der Waals surface area contributed by atoms with Gasteiger partial charge in [-0.15, -0.1) is 13.2 Å². The number of benzene rings is 3. The zero-order valence-corrected chi connectivity index (χ0v) is 18.8. The smallest absolute Gasteiger partial charge is 0.406 e. The summed E-state index contributed by atoms with van der Waals surface area (Å²) in [5, 5.41) is 10.3. The third-order valence-electron chi connectivity index (χ3n) is 5.86. The Morgan fingerprint density at radius 2 is 1.69 bits per heavy atom. The van der Waals surface area contributed by atoms with Crippen molar-refractivity contribution < 1.29 is 36.2 Å². The van der Waals surface area contributed by atoms with Crippen LogP contribution in [0, 0.1) is 0 Å². The highest BCUT2D eigenvalue weighted by molar-refractivity contribution is 6.30. The summed E-state index contributed by atoms with van der Waals surface area (Å²) in [6.07, 6.45) is -11.4. The molecule has 0 fully saturated rings. The summed E-state index contributed by atoms with van der Waals surface area (Å²) in [4.78, 5) is 1.49. The molecule has 3 aromatic rings. The van der Waals surface area contributed by atoms with Crippen molar-refractivity contribution in [3.8, 4) is 16.9 Å². The van der Waals surface area contributed by atoms with E-state index in [2.05, 4.69) is 4.74 Å². The lowest BCUT2D eigenvalue weighted by molar-refractivity contribution is -0.274. The molecule has 0 spiro atoms. The quantitative estimate of drug-likeness (QED) is 0.361. The normalized spacial score (nSPS) is 17.1. The maximum atomic E-state index is 13.3. The zero-order chi connectivity index (χ0) is 25.4. The average Bonchev–Trinajstić information content (AvgIpc) is 2.77. The van der Waals surface area contributed by atoms with E-state index in [0.717, 1.165) is 0 Å². The van der Waals surface area contributed by atoms with Crippen LogP contribution < -0.4 is 9.64 Å². The van der Waals surface area contributed by atoms with E-state index in [1.54, 1.807) is 48.5 Å². The summed E-state index contributed by atoms with van der Waals surface area (Å²) in [7, 11) is 0. The largest absolute Gasteiger partial charge is 0.573 e. The molecule has 1 N–H and O–H groups in total. The van der Waals surface area contributed by atoms with Crippen molar-refractivity contribution >= 4 is 17.3 Å². The van der Waals surface area contributed by atoms with Crippen molar-refractivity contribution in [3.63, 3.8) is 0 Å². The summed E-state index contributed by atoms with van der Waals surface area (Å²) in [5.74, 6) is -0.399. The number of fused-ring (bicyclic) bond motifs is 1. The zero-order valence-electron chi connectivity index (χ0n) is 18.1. The maximum Gasteiger partial charge on any atom is 0.573 e. The fraction of sp³-hybridized carbons (Fsp3) is 0.280. The number of ether oxygens (including phenoxy) is 1. The number of hydrogen-bond donors (Lipinski definition) is 1. The number of aliphatic hydroxyl groups excluding tert-OH is 1. The van der Waals surface area contributed by atoms with Crippen molar-refractivity contribution in [2.75, 3.05) is 11.4 Å². The van der Waals surface area contributed by atoms with E-state index in [0.29, 0.717) is 45.8 Å². The van der Waals surface area contributed by atoms with Crippen LogP contribution in [0.15, 0.2) is 66.7 Å². The number of anilines is 1. The fourth-order valence-corrected chi connectivity index (χ4v) is 4.62. The standard InChI is InChI=1S/C25H20ClF6NO2/c26-17-6-1-5-16(12-17)21-11-10-20-19(15-4-2-7-18(13-15)35-25(30,31)32)8-3-9-22(20)33(21)14-23(34)24(27,28)29/h1-9,12-13,21,23,34H,10-11,14H2. The molecule has 4 rings (SSSR count). The molecule has 0 aliphatic carbocycles. The first-order valence-electron chi connectivity index (χ1n) is 10.7. The average molecular weight is 516 g/mol. The molecule has 10 heteroatoms. The van der Waals surface area contributed by atoms with Gasteiger partial charge >= 0.3 is 12.5 Å². The van der Waals surface area contributed by atoms with Crippen LogP contribution in [0.3, 0.4) is 0 Å². The van der Waals surface area contributed by atoms with Crippen LogP contribution in [0.2, 0.25) is 5.02 Å². The molecule has 186 valence electrons. The van der Waals surface area contributed by atoms with Gasteiger partial charge in [-0.3, -0.25) is 0 Å². The summed E-state index contributed by atoms with van der Waals surface area (Å²) >= 11 is 6.12. The lowest BCUT2D eigenvalue weighted by Crippen LogP contribution is -2.44. The second-order valence-corrected chi connectivity index (χ2v) is 8.63. The topological polar surface area (TPSA) is 32.7 Å². The number of aliphatic hydroxyl groups is 1. The Kier molecular flexibility index (Phi) is 6.92. The Balaban J connectivity index is 1.78. The van der Waals surface area contributed by atoms with Gasteiger partial charge in [-0.1, -0.05) is 48.0 Å². The van der Waals surface area contributed by atoms with Gasteiger partial charge in [-0.2, -0.15) is 13.2 Å². The molecule has 0 amide bonds. The third-order valence-corrected chi connectivity index (χ3v) is 6.10. The van der Waals surface area contributed by atoms with Gasteiger partial charge in [0.25, 0.3) is 0 Å². The van der Waals surface area contributed by atoms with Crippen LogP contribution in [0.4, 0.5) is 32.0 Å².